The van der Waals surface area contributed by atoms with E-state index >= 15 is 0 Å². The molecule has 1 heterocycles. The Balaban J connectivity index is 1.48. The molecule has 0 radical (unpaired) electrons. The van der Waals surface area contributed by atoms with Crippen LogP contribution in [0.2, 0.25) is 0 Å². The Morgan fingerprint density at radius 3 is 2.91 bits per heavy atom. The molecule has 4 heteroatoms. The van der Waals surface area contributed by atoms with E-state index in [0.717, 1.165) is 24.2 Å². The fourth-order valence-corrected chi connectivity index (χ4v) is 3.23. The molecule has 1 amide bonds. The van der Waals surface area contributed by atoms with E-state index in [4.69, 9.17) is 4.74 Å². The van der Waals surface area contributed by atoms with Gasteiger partial charge in [0.15, 0.2) is 6.61 Å². The monoisotopic (exact) mass is 312 g/mol. The van der Waals surface area contributed by atoms with E-state index in [2.05, 4.69) is 23.2 Å². The van der Waals surface area contributed by atoms with Crippen molar-refractivity contribution in [1.82, 2.24) is 10.2 Å². The topological polar surface area (TPSA) is 41.6 Å². The largest absolute Gasteiger partial charge is 0.484 e. The van der Waals surface area contributed by atoms with Gasteiger partial charge in [-0.3, -0.25) is 9.69 Å². The van der Waals surface area contributed by atoms with E-state index in [0.29, 0.717) is 12.6 Å². The molecule has 2 aromatic rings. The Morgan fingerprint density at radius 2 is 2.09 bits per heavy atom. The molecule has 0 spiro atoms. The van der Waals surface area contributed by atoms with Crippen molar-refractivity contribution in [1.29, 1.82) is 0 Å². The zero-order valence-electron chi connectivity index (χ0n) is 13.6. The van der Waals surface area contributed by atoms with Gasteiger partial charge in [-0.2, -0.15) is 0 Å². The first kappa shape index (κ1) is 15.8. The smallest absolute Gasteiger partial charge is 0.257 e. The summed E-state index contributed by atoms with van der Waals surface area (Å²) >= 11 is 0. The number of likely N-dealkylation sites (N-methyl/N-ethyl adjacent to an activating group) is 1. The lowest BCUT2D eigenvalue weighted by Gasteiger charge is -2.22. The highest BCUT2D eigenvalue weighted by molar-refractivity contribution is 5.84. The summed E-state index contributed by atoms with van der Waals surface area (Å²) < 4.78 is 5.62. The van der Waals surface area contributed by atoms with Crippen molar-refractivity contribution in [2.75, 3.05) is 26.2 Å². The summed E-state index contributed by atoms with van der Waals surface area (Å²) in [5, 5.41) is 5.28. The summed E-state index contributed by atoms with van der Waals surface area (Å²) in [6, 6.07) is 14.5. The summed E-state index contributed by atoms with van der Waals surface area (Å²) in [7, 11) is 0. The van der Waals surface area contributed by atoms with Crippen LogP contribution in [0.3, 0.4) is 0 Å². The van der Waals surface area contributed by atoms with Gasteiger partial charge in [-0.15, -0.1) is 0 Å². The van der Waals surface area contributed by atoms with Gasteiger partial charge in [0.25, 0.3) is 5.91 Å². The number of ether oxygens (including phenoxy) is 1. The quantitative estimate of drug-likeness (QED) is 0.892. The van der Waals surface area contributed by atoms with Crippen LogP contribution in [0.5, 0.6) is 5.75 Å². The lowest BCUT2D eigenvalue weighted by Crippen LogP contribution is -2.41. The first-order valence-electron chi connectivity index (χ1n) is 8.38. The number of nitrogens with one attached hydrogen (secondary N) is 1. The summed E-state index contributed by atoms with van der Waals surface area (Å²) in [5.74, 6) is 0.677. The number of hydrogen-bond acceptors (Lipinski definition) is 3. The second-order valence-electron chi connectivity index (χ2n) is 6.03. The van der Waals surface area contributed by atoms with Crippen molar-refractivity contribution in [2.45, 2.75) is 25.8 Å². The van der Waals surface area contributed by atoms with Gasteiger partial charge in [-0.1, -0.05) is 37.3 Å². The highest BCUT2D eigenvalue weighted by Gasteiger charge is 2.23. The third-order valence-corrected chi connectivity index (χ3v) is 4.53. The molecule has 1 atom stereocenters. The number of likely N-dealkylation sites (tertiary alicyclic amines) is 1. The fourth-order valence-electron chi connectivity index (χ4n) is 3.23. The lowest BCUT2D eigenvalue weighted by molar-refractivity contribution is -0.123. The molecule has 0 unspecified atom stereocenters. The number of carbonyl (C=O) groups excluding carboxylic acids is 1. The van der Waals surface area contributed by atoms with Gasteiger partial charge in [-0.25, -0.2) is 0 Å². The number of amides is 1. The van der Waals surface area contributed by atoms with Gasteiger partial charge >= 0.3 is 0 Å². The van der Waals surface area contributed by atoms with E-state index in [-0.39, 0.29) is 12.5 Å². The van der Waals surface area contributed by atoms with Crippen LogP contribution in [0.25, 0.3) is 10.8 Å². The number of nitrogens with zero attached hydrogens (tertiary/aromatic N) is 1. The molecule has 1 saturated heterocycles. The number of benzene rings is 2. The molecular formula is C19H24N2O2. The summed E-state index contributed by atoms with van der Waals surface area (Å²) in [4.78, 5) is 14.4. The number of rotatable bonds is 6. The molecule has 4 nitrogen and oxygen atoms in total. The first-order valence-corrected chi connectivity index (χ1v) is 8.38. The Bertz CT molecular complexity index is 671. The predicted molar refractivity (Wildman–Crippen MR) is 92.7 cm³/mol. The maximum absolute atomic E-state index is 12.0. The van der Waals surface area contributed by atoms with Gasteiger partial charge < -0.3 is 10.1 Å². The van der Waals surface area contributed by atoms with Crippen molar-refractivity contribution >= 4 is 16.7 Å². The third kappa shape index (κ3) is 4.02. The van der Waals surface area contributed by atoms with Crippen LogP contribution in [0.1, 0.15) is 19.8 Å². The van der Waals surface area contributed by atoms with Crippen LogP contribution in [0.15, 0.2) is 42.5 Å². The molecule has 0 aromatic heterocycles. The Labute approximate surface area is 137 Å². The SMILES string of the molecule is CCN1CCC[C@@H]1CNC(=O)COc1ccc2ccccc2c1. The summed E-state index contributed by atoms with van der Waals surface area (Å²) in [6.45, 7) is 5.15. The highest BCUT2D eigenvalue weighted by Crippen LogP contribution is 2.20. The van der Waals surface area contributed by atoms with E-state index < -0.39 is 0 Å². The molecule has 0 bridgehead atoms. The van der Waals surface area contributed by atoms with Crippen LogP contribution in [0, 0.1) is 0 Å². The van der Waals surface area contributed by atoms with Crippen molar-refractivity contribution in [3.05, 3.63) is 42.5 Å². The molecule has 1 fully saturated rings. The highest BCUT2D eigenvalue weighted by atomic mass is 16.5. The van der Waals surface area contributed by atoms with Gasteiger partial charge in [0.05, 0.1) is 0 Å². The van der Waals surface area contributed by atoms with Crippen LogP contribution in [-0.2, 0) is 4.79 Å². The number of hydrogen-bond donors (Lipinski definition) is 1. The summed E-state index contributed by atoms with van der Waals surface area (Å²) in [5.41, 5.74) is 0. The predicted octanol–water partition coefficient (Wildman–Crippen LogP) is 2.82. The molecule has 3 rings (SSSR count). The van der Waals surface area contributed by atoms with Crippen molar-refractivity contribution < 1.29 is 9.53 Å². The minimum absolute atomic E-state index is 0.0545. The van der Waals surface area contributed by atoms with Gasteiger partial charge in [0, 0.05) is 12.6 Å². The van der Waals surface area contributed by atoms with E-state index in [1.165, 1.54) is 18.2 Å². The van der Waals surface area contributed by atoms with Crippen LogP contribution in [0.4, 0.5) is 0 Å². The second-order valence-corrected chi connectivity index (χ2v) is 6.03. The number of carbonyl (C=O) groups is 1. The van der Waals surface area contributed by atoms with Gasteiger partial charge in [0.2, 0.25) is 0 Å². The number of fused-ring (bicyclic) bond motifs is 1. The van der Waals surface area contributed by atoms with Crippen LogP contribution in [-0.4, -0.2) is 43.1 Å². The lowest BCUT2D eigenvalue weighted by atomic mass is 10.1. The van der Waals surface area contributed by atoms with E-state index in [1.54, 1.807) is 0 Å². The van der Waals surface area contributed by atoms with Crippen molar-refractivity contribution in [3.63, 3.8) is 0 Å². The molecule has 1 aliphatic rings. The molecule has 1 aliphatic heterocycles. The molecular weight excluding hydrogens is 288 g/mol. The standard InChI is InChI=1S/C19H24N2O2/c1-2-21-11-5-8-17(21)13-20-19(22)14-23-18-10-9-15-6-3-4-7-16(15)12-18/h3-4,6-7,9-10,12,17H,2,5,8,11,13-14H2,1H3,(H,20,22)/t17-/m1/s1. The molecule has 1 N–H and O–H groups in total. The Kier molecular flexibility index (Phi) is 5.13. The normalized spacial score (nSPS) is 18.2. The van der Waals surface area contributed by atoms with E-state index in [1.807, 2.05) is 36.4 Å². The average molecular weight is 312 g/mol. The van der Waals surface area contributed by atoms with Gasteiger partial charge in [0.1, 0.15) is 5.75 Å². The average Bonchev–Trinajstić information content (AvgIpc) is 3.05. The third-order valence-electron chi connectivity index (χ3n) is 4.53. The maximum atomic E-state index is 12.0. The minimum atomic E-state index is -0.0545. The molecule has 23 heavy (non-hydrogen) atoms. The molecule has 2 aromatic carbocycles. The molecule has 0 aliphatic carbocycles. The molecule has 0 saturated carbocycles. The van der Waals surface area contributed by atoms with E-state index in [9.17, 15) is 4.79 Å². The Hall–Kier alpha value is -2.07. The zero-order chi connectivity index (χ0) is 16.1. The van der Waals surface area contributed by atoms with Crippen molar-refractivity contribution in [3.8, 4) is 5.75 Å². The van der Waals surface area contributed by atoms with Crippen LogP contribution >= 0.6 is 0 Å². The minimum Gasteiger partial charge on any atom is -0.484 e. The second kappa shape index (κ2) is 7.47. The van der Waals surface area contributed by atoms with Crippen molar-refractivity contribution in [2.24, 2.45) is 0 Å². The van der Waals surface area contributed by atoms with Crippen LogP contribution < -0.4 is 10.1 Å². The Morgan fingerprint density at radius 1 is 1.26 bits per heavy atom. The first-order chi connectivity index (χ1) is 11.3. The zero-order valence-corrected chi connectivity index (χ0v) is 13.6. The molecule has 122 valence electrons. The van der Waals surface area contributed by atoms with Gasteiger partial charge in [-0.05, 0) is 48.8 Å². The summed E-state index contributed by atoms with van der Waals surface area (Å²) in [6.07, 6.45) is 2.39. The fraction of sp³-hybridized carbons (Fsp3) is 0.421. The maximum Gasteiger partial charge on any atom is 0.257 e.